The minimum atomic E-state index is 0.00648. The zero-order valence-electron chi connectivity index (χ0n) is 15.4. The summed E-state index contributed by atoms with van der Waals surface area (Å²) in [7, 11) is 1.81. The third-order valence-corrected chi connectivity index (χ3v) is 3.59. The van der Waals surface area contributed by atoms with E-state index in [0.717, 1.165) is 31.6 Å². The highest BCUT2D eigenvalue weighted by Gasteiger charge is 2.09. The van der Waals surface area contributed by atoms with Crippen molar-refractivity contribution in [3.63, 3.8) is 0 Å². The van der Waals surface area contributed by atoms with Gasteiger partial charge in [-0.3, -0.25) is 9.78 Å². The average Bonchev–Trinajstić information content (AvgIpc) is 2.57. The number of nitrogens with one attached hydrogen (secondary N) is 2. The molecule has 134 valence electrons. The second-order valence-corrected chi connectivity index (χ2v) is 6.19. The Morgan fingerprint density at radius 3 is 2.75 bits per heavy atom. The molecule has 0 bridgehead atoms. The van der Waals surface area contributed by atoms with Gasteiger partial charge in [-0.15, -0.1) is 0 Å². The third-order valence-electron chi connectivity index (χ3n) is 3.59. The third kappa shape index (κ3) is 8.50. The molecule has 0 spiro atoms. The molecule has 0 unspecified atom stereocenters. The molecule has 1 aromatic rings. The average molecular weight is 333 g/mol. The second-order valence-electron chi connectivity index (χ2n) is 6.19. The molecule has 0 saturated carbocycles. The summed E-state index contributed by atoms with van der Waals surface area (Å²) >= 11 is 0. The van der Waals surface area contributed by atoms with Crippen molar-refractivity contribution in [2.24, 2.45) is 10.9 Å². The van der Waals surface area contributed by atoms with Crippen molar-refractivity contribution in [2.75, 3.05) is 33.2 Å². The molecule has 1 amide bonds. The van der Waals surface area contributed by atoms with Gasteiger partial charge in [0, 0.05) is 45.0 Å². The van der Waals surface area contributed by atoms with Gasteiger partial charge >= 0.3 is 0 Å². The molecular formula is C18H31N5O. The molecular weight excluding hydrogens is 302 g/mol. The van der Waals surface area contributed by atoms with Gasteiger partial charge in [0.2, 0.25) is 5.91 Å². The number of rotatable bonds is 9. The first-order valence-electron chi connectivity index (χ1n) is 8.69. The zero-order chi connectivity index (χ0) is 17.8. The molecule has 1 heterocycles. The molecule has 0 radical (unpaired) electrons. The van der Waals surface area contributed by atoms with Gasteiger partial charge in [-0.2, -0.15) is 0 Å². The van der Waals surface area contributed by atoms with Crippen LogP contribution in [0.2, 0.25) is 0 Å². The standard InChI is InChI=1S/C18H31N5O/c1-5-19-18(21-12-9-15(2)3)22-14-17(24)23(4)13-10-16-8-6-7-11-20-16/h6-8,11,15H,5,9-10,12-14H2,1-4H3,(H2,19,21,22). The number of carbonyl (C=O) groups is 1. The van der Waals surface area contributed by atoms with Gasteiger partial charge in [0.15, 0.2) is 5.96 Å². The highest BCUT2D eigenvalue weighted by atomic mass is 16.2. The summed E-state index contributed by atoms with van der Waals surface area (Å²) in [6.07, 6.45) is 3.59. The molecule has 0 aliphatic rings. The summed E-state index contributed by atoms with van der Waals surface area (Å²) in [4.78, 5) is 22.5. The van der Waals surface area contributed by atoms with Gasteiger partial charge < -0.3 is 15.5 Å². The van der Waals surface area contributed by atoms with E-state index in [1.807, 2.05) is 25.1 Å². The van der Waals surface area contributed by atoms with Crippen LogP contribution in [0.3, 0.4) is 0 Å². The summed E-state index contributed by atoms with van der Waals surface area (Å²) in [5.74, 6) is 1.34. The number of hydrogen-bond acceptors (Lipinski definition) is 3. The van der Waals surface area contributed by atoms with Crippen LogP contribution in [0.15, 0.2) is 29.4 Å². The molecule has 0 aromatic carbocycles. The maximum absolute atomic E-state index is 12.2. The fourth-order valence-electron chi connectivity index (χ4n) is 2.04. The van der Waals surface area contributed by atoms with Gasteiger partial charge in [-0.25, -0.2) is 4.99 Å². The number of likely N-dealkylation sites (N-methyl/N-ethyl adjacent to an activating group) is 1. The largest absolute Gasteiger partial charge is 0.357 e. The van der Waals surface area contributed by atoms with Crippen LogP contribution >= 0.6 is 0 Å². The van der Waals surface area contributed by atoms with E-state index >= 15 is 0 Å². The quantitative estimate of drug-likeness (QED) is 0.533. The van der Waals surface area contributed by atoms with Crippen LogP contribution in [0.25, 0.3) is 0 Å². The van der Waals surface area contributed by atoms with Crippen molar-refractivity contribution in [2.45, 2.75) is 33.6 Å². The van der Waals surface area contributed by atoms with Crippen molar-refractivity contribution in [1.82, 2.24) is 20.5 Å². The molecule has 0 fully saturated rings. The SMILES string of the molecule is CCNC(=NCC(=O)N(C)CCc1ccccn1)NCCC(C)C. The highest BCUT2D eigenvalue weighted by molar-refractivity contribution is 5.84. The zero-order valence-corrected chi connectivity index (χ0v) is 15.4. The topological polar surface area (TPSA) is 69.6 Å². The summed E-state index contributed by atoms with van der Waals surface area (Å²) in [5.41, 5.74) is 0.990. The number of carbonyl (C=O) groups excluding carboxylic acids is 1. The Labute approximate surface area is 145 Å². The molecule has 1 aromatic heterocycles. The van der Waals surface area contributed by atoms with E-state index in [1.54, 1.807) is 18.1 Å². The first kappa shape index (κ1) is 19.9. The molecule has 0 atom stereocenters. The van der Waals surface area contributed by atoms with Crippen LogP contribution in [-0.4, -0.2) is 55.0 Å². The maximum Gasteiger partial charge on any atom is 0.244 e. The van der Waals surface area contributed by atoms with Gasteiger partial charge in [-0.1, -0.05) is 19.9 Å². The fraction of sp³-hybridized carbons (Fsp3) is 0.611. The summed E-state index contributed by atoms with van der Waals surface area (Å²) in [5, 5.41) is 6.43. The normalized spacial score (nSPS) is 11.5. The number of nitrogens with zero attached hydrogens (tertiary/aromatic N) is 3. The van der Waals surface area contributed by atoms with Crippen molar-refractivity contribution in [1.29, 1.82) is 0 Å². The second kappa shape index (κ2) is 11.4. The van der Waals surface area contributed by atoms with Crippen molar-refractivity contribution >= 4 is 11.9 Å². The van der Waals surface area contributed by atoms with E-state index in [-0.39, 0.29) is 12.5 Å². The Balaban J connectivity index is 2.41. The lowest BCUT2D eigenvalue weighted by Gasteiger charge is -2.17. The Morgan fingerprint density at radius 1 is 1.33 bits per heavy atom. The molecule has 2 N–H and O–H groups in total. The molecule has 1 rings (SSSR count). The van der Waals surface area contributed by atoms with E-state index < -0.39 is 0 Å². The molecule has 0 aliphatic heterocycles. The van der Waals surface area contributed by atoms with Crippen molar-refractivity contribution < 1.29 is 4.79 Å². The van der Waals surface area contributed by atoms with Crippen LogP contribution in [0, 0.1) is 5.92 Å². The number of hydrogen-bond donors (Lipinski definition) is 2. The van der Waals surface area contributed by atoms with Crippen LogP contribution in [0.1, 0.15) is 32.9 Å². The number of guanidine groups is 1. The summed E-state index contributed by atoms with van der Waals surface area (Å²) in [6.45, 7) is 8.81. The predicted molar refractivity (Wildman–Crippen MR) is 99.0 cm³/mol. The first-order valence-corrected chi connectivity index (χ1v) is 8.69. The predicted octanol–water partition coefficient (Wildman–Crippen LogP) is 1.68. The minimum Gasteiger partial charge on any atom is -0.357 e. The molecule has 0 saturated heterocycles. The van der Waals surface area contributed by atoms with Crippen LogP contribution in [0.4, 0.5) is 0 Å². The van der Waals surface area contributed by atoms with Gasteiger partial charge in [0.1, 0.15) is 6.54 Å². The number of aromatic nitrogens is 1. The van der Waals surface area contributed by atoms with E-state index in [9.17, 15) is 4.79 Å². The lowest BCUT2D eigenvalue weighted by molar-refractivity contribution is -0.128. The minimum absolute atomic E-state index is 0.00648. The number of pyridine rings is 1. The van der Waals surface area contributed by atoms with Crippen LogP contribution in [-0.2, 0) is 11.2 Å². The maximum atomic E-state index is 12.2. The number of aliphatic imine (C=N–C) groups is 1. The Morgan fingerprint density at radius 2 is 2.12 bits per heavy atom. The van der Waals surface area contributed by atoms with Crippen molar-refractivity contribution in [3.05, 3.63) is 30.1 Å². The van der Waals surface area contributed by atoms with Gasteiger partial charge in [-0.05, 0) is 31.4 Å². The molecule has 6 heteroatoms. The van der Waals surface area contributed by atoms with Crippen LogP contribution < -0.4 is 10.6 Å². The summed E-state index contributed by atoms with van der Waals surface area (Å²) < 4.78 is 0. The molecule has 0 aliphatic carbocycles. The first-order chi connectivity index (χ1) is 11.5. The van der Waals surface area contributed by atoms with Gasteiger partial charge in [0.05, 0.1) is 0 Å². The molecule has 6 nitrogen and oxygen atoms in total. The van der Waals surface area contributed by atoms with Gasteiger partial charge in [0.25, 0.3) is 0 Å². The van der Waals surface area contributed by atoms with Crippen molar-refractivity contribution in [3.8, 4) is 0 Å². The highest BCUT2D eigenvalue weighted by Crippen LogP contribution is 1.98. The summed E-state index contributed by atoms with van der Waals surface area (Å²) in [6, 6.07) is 5.82. The smallest absolute Gasteiger partial charge is 0.244 e. The lowest BCUT2D eigenvalue weighted by atomic mass is 10.1. The Kier molecular flexibility index (Phi) is 9.49. The van der Waals surface area contributed by atoms with E-state index in [0.29, 0.717) is 18.4 Å². The Bertz CT molecular complexity index is 501. The lowest BCUT2D eigenvalue weighted by Crippen LogP contribution is -2.39. The number of amides is 1. The molecule has 24 heavy (non-hydrogen) atoms. The van der Waals surface area contributed by atoms with E-state index in [1.165, 1.54) is 0 Å². The Hall–Kier alpha value is -2.11. The van der Waals surface area contributed by atoms with E-state index in [4.69, 9.17) is 0 Å². The monoisotopic (exact) mass is 333 g/mol. The fourth-order valence-corrected chi connectivity index (χ4v) is 2.04. The van der Waals surface area contributed by atoms with Crippen LogP contribution in [0.5, 0.6) is 0 Å². The van der Waals surface area contributed by atoms with E-state index in [2.05, 4.69) is 34.5 Å².